The first-order chi connectivity index (χ1) is 8.05. The summed E-state index contributed by atoms with van der Waals surface area (Å²) < 4.78 is 0.739. The number of quaternary nitrogens is 1. The van der Waals surface area contributed by atoms with Crippen molar-refractivity contribution in [3.63, 3.8) is 0 Å². The van der Waals surface area contributed by atoms with Crippen molar-refractivity contribution in [3.8, 4) is 0 Å². The maximum Gasteiger partial charge on any atom is 0.286 e. The molecule has 0 aliphatic carbocycles. The van der Waals surface area contributed by atoms with E-state index in [1.165, 1.54) is 0 Å². The van der Waals surface area contributed by atoms with Crippen molar-refractivity contribution in [2.75, 3.05) is 13.6 Å². The minimum atomic E-state index is -1.09. The number of carboxylic acid groups (broad SMARTS) is 1. The molecule has 3 rings (SSSR count). The number of nitrogens with zero attached hydrogens (tertiary/aromatic N) is 2. The van der Waals surface area contributed by atoms with E-state index in [1.54, 1.807) is 4.90 Å². The second-order valence-corrected chi connectivity index (χ2v) is 5.72. The molecule has 0 aromatic heterocycles. The third-order valence-corrected chi connectivity index (χ3v) is 4.92. The Balaban J connectivity index is 1.98. The van der Waals surface area contributed by atoms with Gasteiger partial charge in [0.25, 0.3) is 5.91 Å². The van der Waals surface area contributed by atoms with Crippen LogP contribution >= 0.6 is 0 Å². The van der Waals surface area contributed by atoms with Crippen LogP contribution in [0.25, 0.3) is 0 Å². The number of carbonyl (C=O) groups is 2. The highest BCUT2D eigenvalue weighted by molar-refractivity contribution is 5.87. The van der Waals surface area contributed by atoms with Crippen LogP contribution in [-0.2, 0) is 9.59 Å². The lowest BCUT2D eigenvalue weighted by Crippen LogP contribution is -2.59. The Labute approximate surface area is 101 Å². The highest BCUT2D eigenvalue weighted by atomic mass is 16.4. The average Bonchev–Trinajstić information content (AvgIpc) is 2.78. The Hall–Kier alpha value is -1.10. The van der Waals surface area contributed by atoms with E-state index >= 15 is 0 Å². The lowest BCUT2D eigenvalue weighted by Gasteiger charge is -2.42. The predicted molar refractivity (Wildman–Crippen MR) is 57.4 cm³/mol. The van der Waals surface area contributed by atoms with Gasteiger partial charge in [0.05, 0.1) is 25.6 Å². The van der Waals surface area contributed by atoms with E-state index < -0.39 is 12.0 Å². The molecule has 3 aliphatic heterocycles. The van der Waals surface area contributed by atoms with Crippen molar-refractivity contribution in [1.29, 1.82) is 0 Å². The fourth-order valence-electron chi connectivity index (χ4n) is 4.07. The van der Waals surface area contributed by atoms with Crippen molar-refractivity contribution < 1.29 is 19.2 Å². The molecule has 0 N–H and O–H groups in total. The van der Waals surface area contributed by atoms with Crippen LogP contribution in [0.1, 0.15) is 32.1 Å². The molecule has 0 aromatic rings. The molecule has 0 spiro atoms. The van der Waals surface area contributed by atoms with Gasteiger partial charge in [0, 0.05) is 19.3 Å². The summed E-state index contributed by atoms with van der Waals surface area (Å²) in [4.78, 5) is 25.1. The fraction of sp³-hybridized carbons (Fsp3) is 0.833. The summed E-state index contributed by atoms with van der Waals surface area (Å²) in [7, 11) is 2.11. The van der Waals surface area contributed by atoms with E-state index in [0.717, 1.165) is 36.7 Å². The standard InChI is InChI=1S/C12H18N2O3/c1-14-7-3-5-9(14)11(15)13-8(12(16)17)4-2-6-10(13)14/h8-10H,2-7H2,1H3. The van der Waals surface area contributed by atoms with Crippen molar-refractivity contribution in [3.05, 3.63) is 0 Å². The summed E-state index contributed by atoms with van der Waals surface area (Å²) in [6, 6.07) is -0.693. The normalized spacial score (nSPS) is 44.6. The molecule has 3 heterocycles. The summed E-state index contributed by atoms with van der Waals surface area (Å²) in [6.07, 6.45) is 4.43. The topological polar surface area (TPSA) is 60.4 Å². The van der Waals surface area contributed by atoms with Gasteiger partial charge in [0.15, 0.2) is 12.2 Å². The van der Waals surface area contributed by atoms with Gasteiger partial charge in [-0.2, -0.15) is 0 Å². The van der Waals surface area contributed by atoms with Gasteiger partial charge in [-0.05, 0) is 12.8 Å². The van der Waals surface area contributed by atoms with E-state index in [9.17, 15) is 14.7 Å². The zero-order chi connectivity index (χ0) is 12.2. The molecule has 3 fully saturated rings. The molecule has 3 aliphatic rings. The number of aliphatic carboxylic acids is 1. The van der Waals surface area contributed by atoms with E-state index in [-0.39, 0.29) is 18.1 Å². The summed E-state index contributed by atoms with van der Waals surface area (Å²) in [6.45, 7) is 0.997. The zero-order valence-electron chi connectivity index (χ0n) is 10.1. The van der Waals surface area contributed by atoms with Crippen molar-refractivity contribution >= 4 is 11.9 Å². The molecular formula is C12H18N2O3. The molecule has 0 radical (unpaired) electrons. The Bertz CT molecular complexity index is 384. The smallest absolute Gasteiger partial charge is 0.286 e. The minimum Gasteiger partial charge on any atom is -0.548 e. The molecule has 5 heteroatoms. The number of piperidine rings is 1. The number of carbonyl (C=O) groups excluding carboxylic acids is 2. The van der Waals surface area contributed by atoms with Crippen LogP contribution in [0.4, 0.5) is 0 Å². The lowest BCUT2D eigenvalue weighted by molar-refractivity contribution is -0.935. The van der Waals surface area contributed by atoms with E-state index in [2.05, 4.69) is 7.05 Å². The quantitative estimate of drug-likeness (QED) is 0.554. The number of amides is 1. The van der Waals surface area contributed by atoms with Gasteiger partial charge >= 0.3 is 0 Å². The third-order valence-electron chi connectivity index (χ3n) is 4.92. The van der Waals surface area contributed by atoms with Gasteiger partial charge < -0.3 is 9.90 Å². The number of likely N-dealkylation sites (N-methyl/N-ethyl adjacent to an activating group) is 1. The first-order valence-electron chi connectivity index (χ1n) is 6.43. The minimum absolute atomic E-state index is 0.0000463. The maximum absolute atomic E-state index is 12.4. The molecule has 0 bridgehead atoms. The molecule has 5 nitrogen and oxygen atoms in total. The molecule has 0 aromatic carbocycles. The Kier molecular flexibility index (Phi) is 2.23. The van der Waals surface area contributed by atoms with Crippen LogP contribution in [0.15, 0.2) is 0 Å². The Morgan fingerprint density at radius 1 is 1.35 bits per heavy atom. The molecule has 4 atom stereocenters. The van der Waals surface area contributed by atoms with Gasteiger partial charge in [0.2, 0.25) is 0 Å². The van der Waals surface area contributed by atoms with Crippen LogP contribution in [0, 0.1) is 0 Å². The van der Waals surface area contributed by atoms with Gasteiger partial charge in [-0.15, -0.1) is 0 Å². The van der Waals surface area contributed by atoms with Crippen LogP contribution in [0.2, 0.25) is 0 Å². The summed E-state index contributed by atoms with van der Waals surface area (Å²) in [5.41, 5.74) is 0. The Morgan fingerprint density at radius 2 is 2.12 bits per heavy atom. The van der Waals surface area contributed by atoms with Crippen LogP contribution in [0.3, 0.4) is 0 Å². The first-order valence-corrected chi connectivity index (χ1v) is 6.43. The van der Waals surface area contributed by atoms with E-state index in [0.29, 0.717) is 6.42 Å². The average molecular weight is 238 g/mol. The van der Waals surface area contributed by atoms with E-state index in [1.807, 2.05) is 0 Å². The number of fused-ring (bicyclic) bond motifs is 3. The SMILES string of the molecule is C[N+]12CCCC1C(=O)N1C(C(=O)[O-])CCCC12. The van der Waals surface area contributed by atoms with Crippen LogP contribution < -0.4 is 5.11 Å². The van der Waals surface area contributed by atoms with Crippen molar-refractivity contribution in [2.45, 2.75) is 50.4 Å². The highest BCUT2D eigenvalue weighted by Gasteiger charge is 2.61. The van der Waals surface area contributed by atoms with E-state index in [4.69, 9.17) is 0 Å². The summed E-state index contributed by atoms with van der Waals surface area (Å²) in [5, 5.41) is 11.2. The number of hydrogen-bond donors (Lipinski definition) is 0. The number of carboxylic acids is 1. The summed E-state index contributed by atoms with van der Waals surface area (Å²) in [5.74, 6) is -1.04. The monoisotopic (exact) mass is 238 g/mol. The molecule has 17 heavy (non-hydrogen) atoms. The van der Waals surface area contributed by atoms with Crippen LogP contribution in [-0.4, -0.2) is 53.1 Å². The van der Waals surface area contributed by atoms with Gasteiger partial charge in [-0.25, -0.2) is 0 Å². The van der Waals surface area contributed by atoms with Gasteiger partial charge in [-0.1, -0.05) is 0 Å². The second kappa shape index (κ2) is 3.45. The Morgan fingerprint density at radius 3 is 2.82 bits per heavy atom. The van der Waals surface area contributed by atoms with Crippen LogP contribution in [0.5, 0.6) is 0 Å². The van der Waals surface area contributed by atoms with Crippen molar-refractivity contribution in [1.82, 2.24) is 4.90 Å². The summed E-state index contributed by atoms with van der Waals surface area (Å²) >= 11 is 0. The molecular weight excluding hydrogens is 220 g/mol. The van der Waals surface area contributed by atoms with Gasteiger partial charge in [-0.3, -0.25) is 14.2 Å². The zero-order valence-corrected chi connectivity index (χ0v) is 10.1. The first kappa shape index (κ1) is 11.0. The van der Waals surface area contributed by atoms with Gasteiger partial charge in [0.1, 0.15) is 0 Å². The number of rotatable bonds is 1. The predicted octanol–water partition coefficient (Wildman–Crippen LogP) is -0.934. The highest BCUT2D eigenvalue weighted by Crippen LogP contribution is 2.42. The largest absolute Gasteiger partial charge is 0.548 e. The number of hydrogen-bond acceptors (Lipinski definition) is 3. The fourth-order valence-corrected chi connectivity index (χ4v) is 4.07. The third kappa shape index (κ3) is 1.29. The molecule has 94 valence electrons. The lowest BCUT2D eigenvalue weighted by atomic mass is 9.99. The molecule has 0 saturated carbocycles. The van der Waals surface area contributed by atoms with Crippen molar-refractivity contribution in [2.24, 2.45) is 0 Å². The molecule has 3 saturated heterocycles. The molecule has 4 unspecified atom stereocenters. The maximum atomic E-state index is 12.4. The second-order valence-electron chi connectivity index (χ2n) is 5.72. The molecule has 1 amide bonds.